The van der Waals surface area contributed by atoms with E-state index >= 15 is 0 Å². The lowest BCUT2D eigenvalue weighted by Gasteiger charge is -2.29. The van der Waals surface area contributed by atoms with E-state index in [4.69, 9.17) is 0 Å². The molecule has 228 valence electrons. The summed E-state index contributed by atoms with van der Waals surface area (Å²) in [6.07, 6.45) is 1.50. The highest BCUT2D eigenvalue weighted by Crippen LogP contribution is 2.34. The highest BCUT2D eigenvalue weighted by molar-refractivity contribution is 7.89. The van der Waals surface area contributed by atoms with Gasteiger partial charge in [-0.3, -0.25) is 4.79 Å². The van der Waals surface area contributed by atoms with Crippen LogP contribution in [0.15, 0.2) is 84.3 Å². The number of hydrogen-bond donors (Lipinski definition) is 3. The van der Waals surface area contributed by atoms with Crippen molar-refractivity contribution < 1.29 is 30.8 Å². The number of alkyl halides is 3. The number of carbonyl (C=O) groups excluding carboxylic acids is 1. The van der Waals surface area contributed by atoms with Gasteiger partial charge in [0.2, 0.25) is 15.9 Å². The average molecular weight is 616 g/mol. The van der Waals surface area contributed by atoms with Gasteiger partial charge in [-0.05, 0) is 84.7 Å². The number of hydrogen-bond acceptors (Lipinski definition) is 4. The van der Waals surface area contributed by atoms with Gasteiger partial charge in [0.05, 0.1) is 28.6 Å². The first kappa shape index (κ1) is 30.9. The average Bonchev–Trinajstić information content (AvgIpc) is 3.80. The molecule has 3 aromatic carbocycles. The summed E-state index contributed by atoms with van der Waals surface area (Å²) in [5.41, 5.74) is 2.39. The van der Waals surface area contributed by atoms with Crippen LogP contribution in [0.5, 0.6) is 0 Å². The molecule has 0 radical (unpaired) electrons. The molecule has 0 heterocycles. The summed E-state index contributed by atoms with van der Waals surface area (Å²) in [6.45, 7) is 3.96. The third-order valence-corrected chi connectivity index (χ3v) is 9.30. The predicted octanol–water partition coefficient (Wildman–Crippen LogP) is 6.43. The molecular weight excluding hydrogens is 582 g/mol. The van der Waals surface area contributed by atoms with Crippen molar-refractivity contribution in [3.8, 4) is 0 Å². The quantitative estimate of drug-likeness (QED) is 0.172. The Hall–Kier alpha value is -3.54. The molecule has 1 saturated carbocycles. The molecule has 43 heavy (non-hydrogen) atoms. The number of halogens is 4. The molecule has 3 N–H and O–H groups in total. The number of carbonyl (C=O) groups is 1. The normalized spacial score (nSPS) is 18.4. The topological polar surface area (TPSA) is 87.3 Å². The first-order chi connectivity index (χ1) is 20.4. The fraction of sp³-hybridized carbons (Fsp3) is 0.344. The van der Waals surface area contributed by atoms with Gasteiger partial charge in [-0.2, -0.15) is 13.2 Å². The van der Waals surface area contributed by atoms with Crippen molar-refractivity contribution in [2.24, 2.45) is 0 Å². The lowest BCUT2D eigenvalue weighted by molar-refractivity contribution is -0.137. The summed E-state index contributed by atoms with van der Waals surface area (Å²) in [6, 6.07) is 13.5. The van der Waals surface area contributed by atoms with E-state index in [1.165, 1.54) is 12.1 Å². The summed E-state index contributed by atoms with van der Waals surface area (Å²) in [5, 5.41) is 6.58. The van der Waals surface area contributed by atoms with Crippen LogP contribution in [0.25, 0.3) is 0 Å². The third-order valence-electron chi connectivity index (χ3n) is 7.83. The summed E-state index contributed by atoms with van der Waals surface area (Å²) in [7, 11) is -4.49. The van der Waals surface area contributed by atoms with Crippen LogP contribution >= 0.6 is 0 Å². The highest BCUT2D eigenvalue weighted by Gasteiger charge is 2.33. The SMILES string of the molecule is C=CC(NC1CC1)c1ccc2c(c1)CCC[C@H]2NC(=O)C[C@@H](NS(=O)(=O)c1cccc(C(F)(F)F)c1)c1ccc(F)cc1. The first-order valence-corrected chi connectivity index (χ1v) is 15.7. The van der Waals surface area contributed by atoms with E-state index in [9.17, 15) is 30.8 Å². The molecule has 0 aromatic heterocycles. The lowest BCUT2D eigenvalue weighted by Crippen LogP contribution is -2.36. The fourth-order valence-corrected chi connectivity index (χ4v) is 6.71. The second kappa shape index (κ2) is 12.6. The van der Waals surface area contributed by atoms with Crippen LogP contribution < -0.4 is 15.4 Å². The molecule has 3 atom stereocenters. The number of fused-ring (bicyclic) bond motifs is 1. The maximum atomic E-state index is 13.7. The maximum Gasteiger partial charge on any atom is 0.416 e. The molecule has 3 aromatic rings. The summed E-state index contributed by atoms with van der Waals surface area (Å²) in [4.78, 5) is 12.7. The van der Waals surface area contributed by atoms with Gasteiger partial charge in [0.15, 0.2) is 0 Å². The molecule has 1 unspecified atom stereocenters. The van der Waals surface area contributed by atoms with E-state index in [1.54, 1.807) is 0 Å². The maximum absolute atomic E-state index is 13.7. The zero-order chi connectivity index (χ0) is 30.8. The van der Waals surface area contributed by atoms with Crippen molar-refractivity contribution in [3.05, 3.63) is 113 Å². The molecular formula is C32H33F4N3O3S. The van der Waals surface area contributed by atoms with Crippen LogP contribution in [0.2, 0.25) is 0 Å². The second-order valence-electron chi connectivity index (χ2n) is 11.1. The number of benzene rings is 3. The van der Waals surface area contributed by atoms with Crippen molar-refractivity contribution in [1.29, 1.82) is 0 Å². The Bertz CT molecular complexity index is 1590. The summed E-state index contributed by atoms with van der Waals surface area (Å²) >= 11 is 0. The molecule has 5 rings (SSSR count). The van der Waals surface area contributed by atoms with E-state index in [0.29, 0.717) is 24.1 Å². The predicted molar refractivity (Wildman–Crippen MR) is 155 cm³/mol. The molecule has 1 amide bonds. The monoisotopic (exact) mass is 615 g/mol. The standard InChI is InChI=1S/C32H33F4N3O3S/c1-2-28(37-25-14-15-25)22-11-16-27-21(17-22)5-3-8-29(27)38-31(40)19-30(20-9-12-24(33)13-10-20)39-43(41,42)26-7-4-6-23(18-26)32(34,35)36/h2,4,6-7,9-13,16-18,25,28-30,37,39H,1,3,5,8,14-15,19H2,(H,38,40)/t28?,29-,30-/m1/s1. The Kier molecular flexibility index (Phi) is 9.05. The van der Waals surface area contributed by atoms with Crippen LogP contribution in [0.3, 0.4) is 0 Å². The molecule has 1 fully saturated rings. The number of nitrogens with one attached hydrogen (secondary N) is 3. The van der Waals surface area contributed by atoms with Crippen molar-refractivity contribution in [1.82, 2.24) is 15.4 Å². The zero-order valence-corrected chi connectivity index (χ0v) is 24.1. The van der Waals surface area contributed by atoms with Crippen LogP contribution in [0.4, 0.5) is 17.6 Å². The number of aryl methyl sites for hydroxylation is 1. The minimum absolute atomic E-state index is 0.0362. The Morgan fingerprint density at radius 1 is 1.00 bits per heavy atom. The molecule has 6 nitrogen and oxygen atoms in total. The van der Waals surface area contributed by atoms with Gasteiger partial charge in [-0.1, -0.05) is 42.5 Å². The van der Waals surface area contributed by atoms with Crippen LogP contribution in [0.1, 0.15) is 78.0 Å². The smallest absolute Gasteiger partial charge is 0.349 e. The Labute approximate surface area is 248 Å². The van der Waals surface area contributed by atoms with E-state index in [0.717, 1.165) is 72.7 Å². The van der Waals surface area contributed by atoms with Crippen molar-refractivity contribution in [2.45, 2.75) is 73.8 Å². The number of amides is 1. The molecule has 2 aliphatic carbocycles. The molecule has 0 aliphatic heterocycles. The van der Waals surface area contributed by atoms with Crippen molar-refractivity contribution in [3.63, 3.8) is 0 Å². The van der Waals surface area contributed by atoms with Gasteiger partial charge >= 0.3 is 6.18 Å². The van der Waals surface area contributed by atoms with E-state index < -0.39 is 44.4 Å². The van der Waals surface area contributed by atoms with E-state index in [2.05, 4.69) is 28.0 Å². The van der Waals surface area contributed by atoms with Gasteiger partial charge < -0.3 is 10.6 Å². The highest BCUT2D eigenvalue weighted by atomic mass is 32.2. The number of rotatable bonds is 11. The van der Waals surface area contributed by atoms with Gasteiger partial charge in [0.25, 0.3) is 0 Å². The fourth-order valence-electron chi connectivity index (χ4n) is 5.44. The molecule has 0 saturated heterocycles. The zero-order valence-electron chi connectivity index (χ0n) is 23.3. The Morgan fingerprint density at radius 3 is 2.40 bits per heavy atom. The number of sulfonamides is 1. The van der Waals surface area contributed by atoms with Crippen molar-refractivity contribution in [2.75, 3.05) is 0 Å². The lowest BCUT2D eigenvalue weighted by atomic mass is 9.85. The van der Waals surface area contributed by atoms with Gasteiger partial charge in [-0.15, -0.1) is 6.58 Å². The first-order valence-electron chi connectivity index (χ1n) is 14.2. The minimum atomic E-state index is -4.74. The summed E-state index contributed by atoms with van der Waals surface area (Å²) in [5.74, 6) is -1.01. The molecule has 0 bridgehead atoms. The van der Waals surface area contributed by atoms with Crippen LogP contribution in [-0.4, -0.2) is 20.4 Å². The molecule has 2 aliphatic rings. The molecule has 0 spiro atoms. The largest absolute Gasteiger partial charge is 0.416 e. The summed E-state index contributed by atoms with van der Waals surface area (Å²) < 4.78 is 82.1. The third kappa shape index (κ3) is 7.70. The van der Waals surface area contributed by atoms with Gasteiger partial charge in [-0.25, -0.2) is 17.5 Å². The van der Waals surface area contributed by atoms with Gasteiger partial charge in [0.1, 0.15) is 5.82 Å². The van der Waals surface area contributed by atoms with E-state index in [1.807, 2.05) is 18.2 Å². The van der Waals surface area contributed by atoms with Crippen LogP contribution in [0, 0.1) is 5.82 Å². The van der Waals surface area contributed by atoms with Crippen molar-refractivity contribution >= 4 is 15.9 Å². The van der Waals surface area contributed by atoms with E-state index in [-0.39, 0.29) is 18.5 Å². The minimum Gasteiger partial charge on any atom is -0.349 e. The second-order valence-corrected chi connectivity index (χ2v) is 12.8. The Morgan fingerprint density at radius 2 is 1.72 bits per heavy atom. The van der Waals surface area contributed by atoms with Gasteiger partial charge in [0, 0.05) is 12.5 Å². The molecule has 11 heteroatoms. The van der Waals surface area contributed by atoms with Crippen LogP contribution in [-0.2, 0) is 27.4 Å². The Balaban J connectivity index is 1.34.